The summed E-state index contributed by atoms with van der Waals surface area (Å²) in [6.07, 6.45) is 0.913. The number of hydrogen-bond acceptors (Lipinski definition) is 5. The van der Waals surface area contributed by atoms with E-state index >= 15 is 0 Å². The normalized spacial score (nSPS) is 12.9. The van der Waals surface area contributed by atoms with Gasteiger partial charge in [-0.05, 0) is 43.3 Å². The molecule has 0 bridgehead atoms. The third-order valence-electron chi connectivity index (χ3n) is 5.74. The van der Waals surface area contributed by atoms with Gasteiger partial charge in [0.2, 0.25) is 12.0 Å². The number of aryl methyl sites for hydroxylation is 1. The van der Waals surface area contributed by atoms with Crippen LogP contribution in [0.1, 0.15) is 21.9 Å². The number of anilines is 2. The Bertz CT molecular complexity index is 1430. The van der Waals surface area contributed by atoms with Crippen molar-refractivity contribution < 1.29 is 13.9 Å². The molecule has 2 aromatic heterocycles. The van der Waals surface area contributed by atoms with E-state index in [9.17, 15) is 19.2 Å². The summed E-state index contributed by atoms with van der Waals surface area (Å²) in [6, 6.07) is 15.0. The third-order valence-corrected chi connectivity index (χ3v) is 5.74. The number of hydrogen-bond donors (Lipinski definition) is 2. The molecule has 0 fully saturated rings. The summed E-state index contributed by atoms with van der Waals surface area (Å²) in [5.41, 5.74) is 2.57. The van der Waals surface area contributed by atoms with Crippen LogP contribution in [0, 0.1) is 17.9 Å². The molecule has 10 heteroatoms. The van der Waals surface area contributed by atoms with E-state index in [1.165, 1.54) is 17.0 Å². The van der Waals surface area contributed by atoms with Crippen LogP contribution in [0.15, 0.2) is 65.7 Å². The van der Waals surface area contributed by atoms with Crippen molar-refractivity contribution in [3.63, 3.8) is 0 Å². The number of fused-ring (bicyclic) bond motifs is 1. The van der Waals surface area contributed by atoms with Gasteiger partial charge in [0.05, 0.1) is 12.6 Å². The van der Waals surface area contributed by atoms with Crippen molar-refractivity contribution in [1.29, 1.82) is 0 Å². The van der Waals surface area contributed by atoms with Crippen molar-refractivity contribution in [3.8, 4) is 11.3 Å². The van der Waals surface area contributed by atoms with Gasteiger partial charge in [-0.25, -0.2) is 23.9 Å². The van der Waals surface area contributed by atoms with Gasteiger partial charge in [0, 0.05) is 24.3 Å². The van der Waals surface area contributed by atoms with Crippen LogP contribution in [0.5, 0.6) is 0 Å². The van der Waals surface area contributed by atoms with Crippen LogP contribution in [0.3, 0.4) is 0 Å². The largest absolute Gasteiger partial charge is 0.710 e. The predicted octanol–water partition coefficient (Wildman–Crippen LogP) is 2.72. The second-order valence-electron chi connectivity index (χ2n) is 8.09. The van der Waals surface area contributed by atoms with Crippen LogP contribution in [-0.2, 0) is 13.1 Å². The van der Waals surface area contributed by atoms with Crippen molar-refractivity contribution >= 4 is 17.4 Å². The zero-order valence-corrected chi connectivity index (χ0v) is 18.3. The first-order valence-corrected chi connectivity index (χ1v) is 10.7. The Balaban J connectivity index is 1.52. The number of amides is 1. The maximum Gasteiger partial charge on any atom is 0.335 e. The molecule has 0 saturated heterocycles. The second kappa shape index (κ2) is 8.47. The highest BCUT2D eigenvalue weighted by molar-refractivity contribution is 5.91. The number of rotatable bonds is 4. The zero-order valence-electron chi connectivity index (χ0n) is 18.3. The molecule has 1 aliphatic heterocycles. The van der Waals surface area contributed by atoms with E-state index in [1.54, 1.807) is 12.1 Å². The Kier molecular flexibility index (Phi) is 5.33. The number of carbonyl (C=O) groups is 1. The smallest absolute Gasteiger partial charge is 0.335 e. The van der Waals surface area contributed by atoms with Gasteiger partial charge < -0.3 is 20.0 Å². The van der Waals surface area contributed by atoms with Gasteiger partial charge in [-0.3, -0.25) is 4.79 Å². The number of halogens is 1. The van der Waals surface area contributed by atoms with Gasteiger partial charge in [-0.15, -0.1) is 0 Å². The van der Waals surface area contributed by atoms with Crippen molar-refractivity contribution in [2.45, 2.75) is 20.0 Å². The Morgan fingerprint density at radius 1 is 1.15 bits per heavy atom. The first kappa shape index (κ1) is 21.4. The Labute approximate surface area is 193 Å². The number of aromatic nitrogens is 4. The summed E-state index contributed by atoms with van der Waals surface area (Å²) < 4.78 is 15.9. The van der Waals surface area contributed by atoms with Crippen molar-refractivity contribution in [2.24, 2.45) is 0 Å². The van der Waals surface area contributed by atoms with E-state index in [1.807, 2.05) is 35.8 Å². The second-order valence-corrected chi connectivity index (χ2v) is 8.09. The summed E-state index contributed by atoms with van der Waals surface area (Å²) in [4.78, 5) is 33.1. The molecular formula is C24H21FN6O3. The molecule has 1 amide bonds. The van der Waals surface area contributed by atoms with E-state index < -0.39 is 11.5 Å². The standard InChI is InChI=1S/C24H21FN6O3/c1-15-2-8-18(9-3-15)27-23-22(16-4-6-17(25)7-5-16)28-20-13-29(10-11-30(20)23)24(33)19-12-21(32)26-14-31(19)34/h2-9,12,14,27H,10-11,13H2,1H3,(H,26,32). The summed E-state index contributed by atoms with van der Waals surface area (Å²) in [5.74, 6) is 0.441. The average molecular weight is 460 g/mol. The molecule has 0 atom stereocenters. The first-order valence-electron chi connectivity index (χ1n) is 10.7. The van der Waals surface area contributed by atoms with Crippen LogP contribution < -0.4 is 15.6 Å². The summed E-state index contributed by atoms with van der Waals surface area (Å²) >= 11 is 0. The van der Waals surface area contributed by atoms with Crippen LogP contribution in [-0.4, -0.2) is 31.9 Å². The van der Waals surface area contributed by atoms with Crippen molar-refractivity contribution in [2.75, 3.05) is 11.9 Å². The molecule has 2 aromatic carbocycles. The molecular weight excluding hydrogens is 439 g/mol. The van der Waals surface area contributed by atoms with Crippen LogP contribution >= 0.6 is 0 Å². The minimum atomic E-state index is -0.549. The molecule has 0 aliphatic carbocycles. The number of aromatic amines is 1. The number of nitrogens with zero attached hydrogens (tertiary/aromatic N) is 4. The highest BCUT2D eigenvalue weighted by Gasteiger charge is 2.29. The SMILES string of the molecule is Cc1ccc(Nc2c(-c3ccc(F)cc3)nc3n2CCN(C(=O)c2cc(=O)[nH]c[n+]2[O-])C3)cc1. The molecule has 0 spiro atoms. The van der Waals surface area contributed by atoms with Crippen molar-refractivity contribution in [1.82, 2.24) is 19.4 Å². The first-order chi connectivity index (χ1) is 16.4. The van der Waals surface area contributed by atoms with E-state index in [4.69, 9.17) is 4.98 Å². The topological polar surface area (TPSA) is 110 Å². The highest BCUT2D eigenvalue weighted by Crippen LogP contribution is 2.33. The Morgan fingerprint density at radius 2 is 1.88 bits per heavy atom. The minimum Gasteiger partial charge on any atom is -0.710 e. The lowest BCUT2D eigenvalue weighted by molar-refractivity contribution is -0.611. The molecule has 2 N–H and O–H groups in total. The molecule has 0 saturated carbocycles. The number of benzene rings is 2. The molecule has 1 aliphatic rings. The van der Waals surface area contributed by atoms with E-state index in [-0.39, 0.29) is 18.1 Å². The fourth-order valence-electron chi connectivity index (χ4n) is 3.95. The quantitative estimate of drug-likeness (QED) is 0.360. The molecule has 4 aromatic rings. The van der Waals surface area contributed by atoms with E-state index in [0.717, 1.165) is 35.0 Å². The lowest BCUT2D eigenvalue weighted by Gasteiger charge is -2.28. The molecule has 9 nitrogen and oxygen atoms in total. The van der Waals surface area contributed by atoms with Gasteiger partial charge in [-0.1, -0.05) is 17.7 Å². The Hall–Kier alpha value is -4.47. The van der Waals surface area contributed by atoms with Gasteiger partial charge >= 0.3 is 5.56 Å². The third kappa shape index (κ3) is 4.01. The number of carbonyl (C=O) groups excluding carboxylic acids is 1. The molecule has 3 heterocycles. The van der Waals surface area contributed by atoms with Gasteiger partial charge in [0.25, 0.3) is 5.91 Å². The average Bonchev–Trinajstić information content (AvgIpc) is 3.19. The lowest BCUT2D eigenvalue weighted by Crippen LogP contribution is -2.46. The maximum atomic E-state index is 13.5. The van der Waals surface area contributed by atoms with Gasteiger partial charge in [-0.2, -0.15) is 0 Å². The molecule has 34 heavy (non-hydrogen) atoms. The predicted molar refractivity (Wildman–Crippen MR) is 123 cm³/mol. The van der Waals surface area contributed by atoms with E-state index in [0.29, 0.717) is 29.3 Å². The summed E-state index contributed by atoms with van der Waals surface area (Å²) in [6.45, 7) is 2.90. The molecule has 5 rings (SSSR count). The zero-order chi connectivity index (χ0) is 23.8. The minimum absolute atomic E-state index is 0.148. The number of imidazole rings is 1. The summed E-state index contributed by atoms with van der Waals surface area (Å²) in [5, 5.41) is 15.5. The van der Waals surface area contributed by atoms with Crippen LogP contribution in [0.2, 0.25) is 0 Å². The highest BCUT2D eigenvalue weighted by atomic mass is 19.1. The molecule has 0 radical (unpaired) electrons. The Morgan fingerprint density at radius 3 is 2.62 bits per heavy atom. The monoisotopic (exact) mass is 460 g/mol. The maximum absolute atomic E-state index is 13.5. The molecule has 172 valence electrons. The van der Waals surface area contributed by atoms with Gasteiger partial charge in [0.1, 0.15) is 23.2 Å². The number of nitrogens with one attached hydrogen (secondary N) is 2. The fraction of sp³-hybridized carbons (Fsp3) is 0.167. The van der Waals surface area contributed by atoms with Crippen LogP contribution in [0.25, 0.3) is 11.3 Å². The van der Waals surface area contributed by atoms with Crippen LogP contribution in [0.4, 0.5) is 15.9 Å². The summed E-state index contributed by atoms with van der Waals surface area (Å²) in [7, 11) is 0. The van der Waals surface area contributed by atoms with Gasteiger partial charge in [0.15, 0.2) is 0 Å². The molecule has 0 unspecified atom stereocenters. The fourth-order valence-corrected chi connectivity index (χ4v) is 3.95. The van der Waals surface area contributed by atoms with Crippen molar-refractivity contribution in [3.05, 3.63) is 99.4 Å². The number of H-pyrrole nitrogens is 1. The van der Waals surface area contributed by atoms with E-state index in [2.05, 4.69) is 10.3 Å². The lowest BCUT2D eigenvalue weighted by atomic mass is 10.1.